The summed E-state index contributed by atoms with van der Waals surface area (Å²) in [4.78, 5) is 0. The fraction of sp³-hybridized carbons (Fsp3) is 0.500. The number of aliphatic hydroxyl groups is 2. The Morgan fingerprint density at radius 1 is 1.17 bits per heavy atom. The van der Waals surface area contributed by atoms with Gasteiger partial charge in [-0.3, -0.25) is 0 Å². The Labute approximate surface area is 104 Å². The van der Waals surface area contributed by atoms with E-state index in [0.717, 1.165) is 0 Å². The molecule has 100 valence electrons. The third-order valence-electron chi connectivity index (χ3n) is 2.98. The van der Waals surface area contributed by atoms with Gasteiger partial charge in [-0.25, -0.2) is 0 Å². The summed E-state index contributed by atoms with van der Waals surface area (Å²) in [6.45, 7) is 0.0668. The summed E-state index contributed by atoms with van der Waals surface area (Å²) in [5.41, 5.74) is 0.575. The second kappa shape index (κ2) is 5.01. The minimum atomic E-state index is -1.01. The maximum absolute atomic E-state index is 9.79. The van der Waals surface area contributed by atoms with Crippen LogP contribution in [0.4, 0.5) is 0 Å². The molecule has 0 bridgehead atoms. The van der Waals surface area contributed by atoms with E-state index in [0.29, 0.717) is 5.56 Å². The minimum Gasteiger partial charge on any atom is -0.502 e. The first kappa shape index (κ1) is 12.9. The minimum absolute atomic E-state index is 0.0668. The lowest BCUT2D eigenvalue weighted by Crippen LogP contribution is -2.25. The van der Waals surface area contributed by atoms with Crippen LogP contribution in [0.3, 0.4) is 0 Å². The predicted molar refractivity (Wildman–Crippen MR) is 61.9 cm³/mol. The van der Waals surface area contributed by atoms with Crippen molar-refractivity contribution in [2.45, 2.75) is 18.3 Å². The molecule has 1 heterocycles. The van der Waals surface area contributed by atoms with Crippen LogP contribution in [0.5, 0.6) is 17.2 Å². The normalized spacial score (nSPS) is 27.2. The molecule has 6 nitrogen and oxygen atoms in total. The number of methoxy groups -OCH3 is 2. The van der Waals surface area contributed by atoms with Gasteiger partial charge in [0.25, 0.3) is 0 Å². The number of aromatic hydroxyl groups is 1. The topological polar surface area (TPSA) is 88.4 Å². The fourth-order valence-corrected chi connectivity index (χ4v) is 1.97. The van der Waals surface area contributed by atoms with Crippen molar-refractivity contribution < 1.29 is 29.5 Å². The van der Waals surface area contributed by atoms with Crippen molar-refractivity contribution in [2.24, 2.45) is 0 Å². The molecule has 1 fully saturated rings. The van der Waals surface area contributed by atoms with Gasteiger partial charge in [0.05, 0.1) is 20.8 Å². The van der Waals surface area contributed by atoms with E-state index in [9.17, 15) is 15.3 Å². The Bertz CT molecular complexity index is 408. The molecule has 6 heteroatoms. The van der Waals surface area contributed by atoms with Crippen LogP contribution >= 0.6 is 0 Å². The number of hydrogen-bond donors (Lipinski definition) is 3. The monoisotopic (exact) mass is 256 g/mol. The zero-order valence-electron chi connectivity index (χ0n) is 10.2. The summed E-state index contributed by atoms with van der Waals surface area (Å²) in [6.07, 6.45) is -2.59. The zero-order chi connectivity index (χ0) is 13.3. The van der Waals surface area contributed by atoms with E-state index in [-0.39, 0.29) is 23.9 Å². The summed E-state index contributed by atoms with van der Waals surface area (Å²) >= 11 is 0. The van der Waals surface area contributed by atoms with Crippen molar-refractivity contribution >= 4 is 0 Å². The van der Waals surface area contributed by atoms with Crippen LogP contribution in [0.2, 0.25) is 0 Å². The Hall–Kier alpha value is -1.50. The van der Waals surface area contributed by atoms with E-state index in [4.69, 9.17) is 14.2 Å². The zero-order valence-corrected chi connectivity index (χ0v) is 10.2. The van der Waals surface area contributed by atoms with Crippen LogP contribution in [0.1, 0.15) is 11.7 Å². The van der Waals surface area contributed by atoms with E-state index in [1.165, 1.54) is 14.2 Å². The van der Waals surface area contributed by atoms with Crippen molar-refractivity contribution in [3.63, 3.8) is 0 Å². The average molecular weight is 256 g/mol. The molecule has 3 unspecified atom stereocenters. The van der Waals surface area contributed by atoms with Crippen LogP contribution in [-0.4, -0.2) is 48.4 Å². The molecule has 1 aromatic carbocycles. The second-order valence-electron chi connectivity index (χ2n) is 4.09. The summed E-state index contributed by atoms with van der Waals surface area (Å²) in [7, 11) is 2.83. The standard InChI is InChI=1S/C12H16O6/c1-16-8-3-6(4-9(17-2)11(8)15)12-10(14)7(13)5-18-12/h3-4,7,10,12-15H,5H2,1-2H3. The predicted octanol–water partition coefficient (Wildman–Crippen LogP) is 0.202. The lowest BCUT2D eigenvalue weighted by Gasteiger charge is -2.18. The van der Waals surface area contributed by atoms with Crippen LogP contribution in [0, 0.1) is 0 Å². The first-order valence-corrected chi connectivity index (χ1v) is 5.51. The third kappa shape index (κ3) is 2.10. The molecule has 0 radical (unpaired) electrons. The molecule has 0 aromatic heterocycles. The van der Waals surface area contributed by atoms with Crippen molar-refractivity contribution in [3.05, 3.63) is 17.7 Å². The molecule has 3 atom stereocenters. The van der Waals surface area contributed by atoms with E-state index in [2.05, 4.69) is 0 Å². The molecule has 2 rings (SSSR count). The first-order valence-electron chi connectivity index (χ1n) is 5.51. The van der Waals surface area contributed by atoms with Gasteiger partial charge in [-0.05, 0) is 17.7 Å². The largest absolute Gasteiger partial charge is 0.502 e. The highest BCUT2D eigenvalue weighted by molar-refractivity contribution is 5.53. The summed E-state index contributed by atoms with van der Waals surface area (Å²) in [5, 5.41) is 29.0. The molecule has 3 N–H and O–H groups in total. The van der Waals surface area contributed by atoms with Crippen molar-refractivity contribution in [1.29, 1.82) is 0 Å². The van der Waals surface area contributed by atoms with Gasteiger partial charge in [-0.2, -0.15) is 0 Å². The van der Waals surface area contributed by atoms with Gasteiger partial charge in [0.15, 0.2) is 11.5 Å². The van der Waals surface area contributed by atoms with Crippen LogP contribution in [0.25, 0.3) is 0 Å². The van der Waals surface area contributed by atoms with Gasteiger partial charge in [0.1, 0.15) is 18.3 Å². The van der Waals surface area contributed by atoms with Crippen molar-refractivity contribution in [3.8, 4) is 17.2 Å². The van der Waals surface area contributed by atoms with Gasteiger partial charge in [0, 0.05) is 0 Å². The number of hydrogen-bond acceptors (Lipinski definition) is 6. The van der Waals surface area contributed by atoms with Gasteiger partial charge in [-0.15, -0.1) is 0 Å². The molecule has 1 aliphatic heterocycles. The van der Waals surface area contributed by atoms with Crippen molar-refractivity contribution in [2.75, 3.05) is 20.8 Å². The average Bonchev–Trinajstić information content (AvgIpc) is 2.70. The number of ether oxygens (including phenoxy) is 3. The first-order chi connectivity index (χ1) is 8.58. The Balaban J connectivity index is 2.39. The number of aliphatic hydroxyl groups excluding tert-OH is 2. The highest BCUT2D eigenvalue weighted by Gasteiger charge is 2.36. The quantitative estimate of drug-likeness (QED) is 0.716. The number of rotatable bonds is 3. The molecular formula is C12H16O6. The molecule has 1 aromatic rings. The summed E-state index contributed by atoms with van der Waals surface area (Å²) < 4.78 is 15.3. The third-order valence-corrected chi connectivity index (χ3v) is 2.98. The van der Waals surface area contributed by atoms with Gasteiger partial charge in [0.2, 0.25) is 5.75 Å². The Morgan fingerprint density at radius 2 is 1.72 bits per heavy atom. The Kier molecular flexibility index (Phi) is 3.60. The highest BCUT2D eigenvalue weighted by atomic mass is 16.5. The summed E-state index contributed by atoms with van der Waals surface area (Å²) in [5.74, 6) is 0.333. The van der Waals surface area contributed by atoms with Gasteiger partial charge >= 0.3 is 0 Å². The van der Waals surface area contributed by atoms with Crippen LogP contribution in [0.15, 0.2) is 12.1 Å². The molecule has 0 amide bonds. The number of phenolic OH excluding ortho intramolecular Hbond substituents is 1. The molecule has 0 spiro atoms. The number of benzene rings is 1. The Morgan fingerprint density at radius 3 is 2.11 bits per heavy atom. The van der Waals surface area contributed by atoms with E-state index in [1.54, 1.807) is 12.1 Å². The lowest BCUT2D eigenvalue weighted by molar-refractivity contribution is 0.0223. The molecule has 0 saturated carbocycles. The smallest absolute Gasteiger partial charge is 0.200 e. The van der Waals surface area contributed by atoms with Gasteiger partial charge in [-0.1, -0.05) is 0 Å². The van der Waals surface area contributed by atoms with E-state index < -0.39 is 18.3 Å². The van der Waals surface area contributed by atoms with Crippen LogP contribution < -0.4 is 9.47 Å². The second-order valence-corrected chi connectivity index (χ2v) is 4.09. The summed E-state index contributed by atoms with van der Waals surface area (Å²) in [6, 6.07) is 3.09. The number of phenols is 1. The molecular weight excluding hydrogens is 240 g/mol. The SMILES string of the molecule is COc1cc(C2OCC(O)C2O)cc(OC)c1O. The van der Waals surface area contributed by atoms with Gasteiger partial charge < -0.3 is 29.5 Å². The van der Waals surface area contributed by atoms with E-state index in [1.807, 2.05) is 0 Å². The maximum atomic E-state index is 9.79. The molecule has 1 saturated heterocycles. The molecule has 1 aliphatic rings. The molecule has 0 aliphatic carbocycles. The van der Waals surface area contributed by atoms with Crippen molar-refractivity contribution in [1.82, 2.24) is 0 Å². The fourth-order valence-electron chi connectivity index (χ4n) is 1.97. The molecule has 18 heavy (non-hydrogen) atoms. The lowest BCUT2D eigenvalue weighted by atomic mass is 10.0. The maximum Gasteiger partial charge on any atom is 0.200 e. The van der Waals surface area contributed by atoms with E-state index >= 15 is 0 Å². The highest BCUT2D eigenvalue weighted by Crippen LogP contribution is 2.41. The van der Waals surface area contributed by atoms with Crippen LogP contribution in [-0.2, 0) is 4.74 Å².